The molecule has 0 aliphatic heterocycles. The lowest BCUT2D eigenvalue weighted by molar-refractivity contribution is -0.125. The molecule has 4 nitrogen and oxygen atoms in total. The first kappa shape index (κ1) is 17.2. The molecular formula is C21H24N2O2. The zero-order valence-electron chi connectivity index (χ0n) is 14.9. The molecule has 1 aliphatic carbocycles. The van der Waals surface area contributed by atoms with Crippen LogP contribution in [0.5, 0.6) is 0 Å². The van der Waals surface area contributed by atoms with Crippen LogP contribution >= 0.6 is 0 Å². The van der Waals surface area contributed by atoms with Crippen molar-refractivity contribution in [2.24, 2.45) is 11.8 Å². The Balaban J connectivity index is 1.51. The Morgan fingerprint density at radius 1 is 0.960 bits per heavy atom. The highest BCUT2D eigenvalue weighted by molar-refractivity contribution is 5.99. The molecule has 0 aromatic heterocycles. The lowest BCUT2D eigenvalue weighted by atomic mass is 10.1. The molecule has 0 radical (unpaired) electrons. The number of aryl methyl sites for hydroxylation is 3. The van der Waals surface area contributed by atoms with Crippen molar-refractivity contribution in [2.45, 2.75) is 33.7 Å². The van der Waals surface area contributed by atoms with Crippen molar-refractivity contribution in [3.8, 4) is 0 Å². The van der Waals surface area contributed by atoms with E-state index in [2.05, 4.69) is 16.7 Å². The summed E-state index contributed by atoms with van der Waals surface area (Å²) in [5, 5.41) is 5.88. The van der Waals surface area contributed by atoms with Crippen molar-refractivity contribution in [1.82, 2.24) is 5.32 Å². The third-order valence-corrected chi connectivity index (χ3v) is 4.65. The molecule has 2 amide bonds. The van der Waals surface area contributed by atoms with Gasteiger partial charge in [-0.25, -0.2) is 0 Å². The molecule has 1 aliphatic rings. The quantitative estimate of drug-likeness (QED) is 0.878. The summed E-state index contributed by atoms with van der Waals surface area (Å²) in [5.74, 6) is -0.543. The molecule has 2 atom stereocenters. The molecule has 3 rings (SSSR count). The minimum Gasteiger partial charge on any atom is -0.352 e. The molecule has 0 heterocycles. The fourth-order valence-corrected chi connectivity index (χ4v) is 3.10. The van der Waals surface area contributed by atoms with Gasteiger partial charge in [-0.2, -0.15) is 0 Å². The van der Waals surface area contributed by atoms with Gasteiger partial charge in [-0.05, 0) is 44.4 Å². The van der Waals surface area contributed by atoms with Crippen molar-refractivity contribution in [3.63, 3.8) is 0 Å². The van der Waals surface area contributed by atoms with Gasteiger partial charge in [0.05, 0.1) is 11.8 Å². The number of benzene rings is 2. The van der Waals surface area contributed by atoms with Crippen LogP contribution < -0.4 is 10.6 Å². The van der Waals surface area contributed by atoms with Crippen molar-refractivity contribution in [1.29, 1.82) is 0 Å². The number of carbonyl (C=O) groups is 2. The molecule has 4 heteroatoms. The van der Waals surface area contributed by atoms with E-state index in [-0.39, 0.29) is 23.7 Å². The van der Waals surface area contributed by atoms with Gasteiger partial charge in [0.1, 0.15) is 0 Å². The molecule has 0 bridgehead atoms. The normalized spacial score (nSPS) is 18.5. The molecule has 1 fully saturated rings. The third-order valence-electron chi connectivity index (χ3n) is 4.65. The van der Waals surface area contributed by atoms with Crippen molar-refractivity contribution < 1.29 is 9.59 Å². The second-order valence-corrected chi connectivity index (χ2v) is 6.96. The Bertz CT molecular complexity index is 813. The highest BCUT2D eigenvalue weighted by atomic mass is 16.2. The maximum atomic E-state index is 12.4. The standard InChI is InChI=1S/C21H24N2O2/c1-13-5-4-6-16(10-13)12-22-20(24)17-11-18(17)21(25)23-19-8-7-14(2)9-15(19)3/h4-10,17-18H,11-12H2,1-3H3,(H,22,24)(H,23,25). The maximum absolute atomic E-state index is 12.4. The zero-order valence-corrected chi connectivity index (χ0v) is 14.9. The van der Waals surface area contributed by atoms with Crippen LogP contribution in [0.15, 0.2) is 42.5 Å². The van der Waals surface area contributed by atoms with Crippen molar-refractivity contribution in [2.75, 3.05) is 5.32 Å². The van der Waals surface area contributed by atoms with Gasteiger partial charge >= 0.3 is 0 Å². The number of nitrogens with one attached hydrogen (secondary N) is 2. The van der Waals surface area contributed by atoms with Gasteiger partial charge < -0.3 is 10.6 Å². The summed E-state index contributed by atoms with van der Waals surface area (Å²) in [6, 6.07) is 14.0. The molecule has 2 aromatic carbocycles. The van der Waals surface area contributed by atoms with E-state index in [0.717, 1.165) is 22.4 Å². The zero-order chi connectivity index (χ0) is 18.0. The average Bonchev–Trinajstić information content (AvgIpc) is 3.36. The van der Waals surface area contributed by atoms with Gasteiger partial charge in [-0.1, -0.05) is 47.5 Å². The fourth-order valence-electron chi connectivity index (χ4n) is 3.10. The highest BCUT2D eigenvalue weighted by Crippen LogP contribution is 2.39. The SMILES string of the molecule is Cc1cccc(CNC(=O)C2CC2C(=O)Nc2ccc(C)cc2C)c1. The number of anilines is 1. The van der Waals surface area contributed by atoms with Gasteiger partial charge in [-0.15, -0.1) is 0 Å². The molecule has 2 N–H and O–H groups in total. The summed E-state index contributed by atoms with van der Waals surface area (Å²) in [6.07, 6.45) is 0.621. The second kappa shape index (κ2) is 7.09. The monoisotopic (exact) mass is 336 g/mol. The Kier molecular flexibility index (Phi) is 4.88. The third kappa shape index (κ3) is 4.27. The second-order valence-electron chi connectivity index (χ2n) is 6.96. The summed E-state index contributed by atoms with van der Waals surface area (Å²) in [7, 11) is 0. The van der Waals surface area contributed by atoms with E-state index in [1.165, 1.54) is 5.56 Å². The topological polar surface area (TPSA) is 58.2 Å². The average molecular weight is 336 g/mol. The molecule has 0 spiro atoms. The summed E-state index contributed by atoms with van der Waals surface area (Å²) >= 11 is 0. The molecule has 1 saturated carbocycles. The van der Waals surface area contributed by atoms with Gasteiger partial charge in [-0.3, -0.25) is 9.59 Å². The van der Waals surface area contributed by atoms with Crippen LogP contribution in [0.4, 0.5) is 5.69 Å². The van der Waals surface area contributed by atoms with E-state index < -0.39 is 0 Å². The number of hydrogen-bond acceptors (Lipinski definition) is 2. The number of amides is 2. The molecular weight excluding hydrogens is 312 g/mol. The van der Waals surface area contributed by atoms with Gasteiger partial charge in [0, 0.05) is 12.2 Å². The Labute approximate surface area is 148 Å². The minimum atomic E-state index is -0.224. The number of hydrogen-bond donors (Lipinski definition) is 2. The lowest BCUT2D eigenvalue weighted by Gasteiger charge is -2.09. The Morgan fingerprint density at radius 3 is 2.40 bits per heavy atom. The van der Waals surface area contributed by atoms with Crippen LogP contribution in [0.25, 0.3) is 0 Å². The van der Waals surface area contributed by atoms with Crippen molar-refractivity contribution in [3.05, 3.63) is 64.7 Å². The van der Waals surface area contributed by atoms with Crippen LogP contribution in [-0.4, -0.2) is 11.8 Å². The summed E-state index contributed by atoms with van der Waals surface area (Å²) in [5.41, 5.74) is 5.26. The molecule has 0 saturated heterocycles. The largest absolute Gasteiger partial charge is 0.352 e. The Morgan fingerprint density at radius 2 is 1.68 bits per heavy atom. The van der Waals surface area contributed by atoms with E-state index in [1.807, 2.05) is 57.2 Å². The number of carbonyl (C=O) groups excluding carboxylic acids is 2. The van der Waals surface area contributed by atoms with Crippen molar-refractivity contribution >= 4 is 17.5 Å². The molecule has 130 valence electrons. The van der Waals surface area contributed by atoms with Crippen LogP contribution in [0.3, 0.4) is 0 Å². The van der Waals surface area contributed by atoms with E-state index >= 15 is 0 Å². The van der Waals surface area contributed by atoms with Crippen LogP contribution in [0.1, 0.15) is 28.7 Å². The van der Waals surface area contributed by atoms with E-state index in [9.17, 15) is 9.59 Å². The van der Waals surface area contributed by atoms with Gasteiger partial charge in [0.15, 0.2) is 0 Å². The Hall–Kier alpha value is -2.62. The van der Waals surface area contributed by atoms with Gasteiger partial charge in [0.2, 0.25) is 11.8 Å². The van der Waals surface area contributed by atoms with Crippen LogP contribution in [-0.2, 0) is 16.1 Å². The predicted molar refractivity (Wildman–Crippen MR) is 99.2 cm³/mol. The highest BCUT2D eigenvalue weighted by Gasteiger charge is 2.47. The predicted octanol–water partition coefficient (Wildman–Crippen LogP) is 3.50. The van der Waals surface area contributed by atoms with E-state index in [4.69, 9.17) is 0 Å². The van der Waals surface area contributed by atoms with Gasteiger partial charge in [0.25, 0.3) is 0 Å². The molecule has 2 unspecified atom stereocenters. The molecule has 2 aromatic rings. The van der Waals surface area contributed by atoms with E-state index in [1.54, 1.807) is 0 Å². The van der Waals surface area contributed by atoms with Crippen LogP contribution in [0.2, 0.25) is 0 Å². The first-order valence-corrected chi connectivity index (χ1v) is 8.65. The maximum Gasteiger partial charge on any atom is 0.228 e. The first-order chi connectivity index (χ1) is 11.9. The minimum absolute atomic E-state index is 0.0396. The number of rotatable bonds is 5. The summed E-state index contributed by atoms with van der Waals surface area (Å²) < 4.78 is 0. The van der Waals surface area contributed by atoms with E-state index in [0.29, 0.717) is 13.0 Å². The fraction of sp³-hybridized carbons (Fsp3) is 0.333. The first-order valence-electron chi connectivity index (χ1n) is 8.65. The smallest absolute Gasteiger partial charge is 0.228 e. The van der Waals surface area contributed by atoms with Crippen LogP contribution in [0, 0.1) is 32.6 Å². The molecule has 25 heavy (non-hydrogen) atoms. The summed E-state index contributed by atoms with van der Waals surface area (Å²) in [4.78, 5) is 24.6. The summed E-state index contributed by atoms with van der Waals surface area (Å²) in [6.45, 7) is 6.53. The lowest BCUT2D eigenvalue weighted by Crippen LogP contribution is -2.27.